The Bertz CT molecular complexity index is 662. The third-order valence-electron chi connectivity index (χ3n) is 4.07. The summed E-state index contributed by atoms with van der Waals surface area (Å²) in [5, 5.41) is 9.11. The van der Waals surface area contributed by atoms with Crippen LogP contribution in [0.3, 0.4) is 0 Å². The Hall–Kier alpha value is -2.56. The third-order valence-corrected chi connectivity index (χ3v) is 4.07. The Morgan fingerprint density at radius 1 is 1.09 bits per heavy atom. The van der Waals surface area contributed by atoms with Gasteiger partial charge in [0.25, 0.3) is 5.91 Å². The third kappa shape index (κ3) is 2.88. The number of carbonyl (C=O) groups is 2. The molecular formula is C17H18N2O3. The Balaban J connectivity index is 1.73. The highest BCUT2D eigenvalue weighted by Gasteiger charge is 2.28. The standard InChI is InChI=1S/C17H18N2O3/c20-16(19-11-3-4-14(12-19)17(21)22)13-5-7-15(8-6-13)18-9-1-2-10-18/h1-2,5-10,14H,3-4,11-12H2,(H,21,22). The number of hydrogen-bond donors (Lipinski definition) is 1. The maximum Gasteiger partial charge on any atom is 0.308 e. The van der Waals surface area contributed by atoms with Crippen LogP contribution < -0.4 is 0 Å². The first-order valence-corrected chi connectivity index (χ1v) is 7.40. The zero-order valence-corrected chi connectivity index (χ0v) is 12.2. The van der Waals surface area contributed by atoms with E-state index in [4.69, 9.17) is 5.11 Å². The van der Waals surface area contributed by atoms with Gasteiger partial charge in [-0.05, 0) is 49.2 Å². The summed E-state index contributed by atoms with van der Waals surface area (Å²) in [5.41, 5.74) is 1.59. The molecule has 1 saturated heterocycles. The quantitative estimate of drug-likeness (QED) is 0.946. The van der Waals surface area contributed by atoms with E-state index in [0.29, 0.717) is 25.1 Å². The first-order valence-electron chi connectivity index (χ1n) is 7.40. The average molecular weight is 298 g/mol. The number of carboxylic acid groups (broad SMARTS) is 1. The molecular weight excluding hydrogens is 280 g/mol. The SMILES string of the molecule is O=C(O)C1CCCN(C(=O)c2ccc(-n3cccc3)cc2)C1. The van der Waals surface area contributed by atoms with Crippen LogP contribution in [0.15, 0.2) is 48.8 Å². The summed E-state index contributed by atoms with van der Waals surface area (Å²) in [4.78, 5) is 25.2. The second-order valence-electron chi connectivity index (χ2n) is 5.57. The molecule has 1 fully saturated rings. The van der Waals surface area contributed by atoms with Crippen molar-refractivity contribution in [3.8, 4) is 5.69 Å². The molecule has 3 rings (SSSR count). The molecule has 1 amide bonds. The van der Waals surface area contributed by atoms with Crippen LogP contribution in [0.2, 0.25) is 0 Å². The molecule has 5 heteroatoms. The number of carboxylic acids is 1. The molecule has 1 aromatic carbocycles. The fourth-order valence-electron chi connectivity index (χ4n) is 2.83. The van der Waals surface area contributed by atoms with Gasteiger partial charge in [0, 0.05) is 36.7 Å². The molecule has 0 radical (unpaired) electrons. The number of piperidine rings is 1. The van der Waals surface area contributed by atoms with E-state index in [1.807, 2.05) is 41.2 Å². The van der Waals surface area contributed by atoms with Crippen LogP contribution in [0.25, 0.3) is 5.69 Å². The van der Waals surface area contributed by atoms with Crippen LogP contribution in [-0.2, 0) is 4.79 Å². The van der Waals surface area contributed by atoms with E-state index in [-0.39, 0.29) is 5.91 Å². The lowest BCUT2D eigenvalue weighted by molar-refractivity contribution is -0.143. The van der Waals surface area contributed by atoms with E-state index < -0.39 is 11.9 Å². The largest absolute Gasteiger partial charge is 0.481 e. The monoisotopic (exact) mass is 298 g/mol. The molecule has 2 aromatic rings. The van der Waals surface area contributed by atoms with E-state index in [1.54, 1.807) is 17.0 Å². The normalized spacial score (nSPS) is 18.2. The summed E-state index contributed by atoms with van der Waals surface area (Å²) in [7, 11) is 0. The second kappa shape index (κ2) is 6.05. The molecule has 0 spiro atoms. The lowest BCUT2D eigenvalue weighted by atomic mass is 9.97. The lowest BCUT2D eigenvalue weighted by Gasteiger charge is -2.30. The van der Waals surface area contributed by atoms with Crippen LogP contribution in [-0.4, -0.2) is 39.5 Å². The van der Waals surface area contributed by atoms with Gasteiger partial charge >= 0.3 is 5.97 Å². The zero-order valence-electron chi connectivity index (χ0n) is 12.2. The number of nitrogens with zero attached hydrogens (tertiary/aromatic N) is 2. The van der Waals surface area contributed by atoms with Crippen molar-refractivity contribution in [2.75, 3.05) is 13.1 Å². The lowest BCUT2D eigenvalue weighted by Crippen LogP contribution is -2.42. The van der Waals surface area contributed by atoms with Crippen molar-refractivity contribution in [1.82, 2.24) is 9.47 Å². The number of aliphatic carboxylic acids is 1. The average Bonchev–Trinajstić information content (AvgIpc) is 3.09. The number of carbonyl (C=O) groups excluding carboxylic acids is 1. The van der Waals surface area contributed by atoms with Crippen molar-refractivity contribution in [3.63, 3.8) is 0 Å². The number of hydrogen-bond acceptors (Lipinski definition) is 2. The second-order valence-corrected chi connectivity index (χ2v) is 5.57. The molecule has 1 unspecified atom stereocenters. The number of amides is 1. The van der Waals surface area contributed by atoms with Gasteiger partial charge in [-0.1, -0.05) is 0 Å². The van der Waals surface area contributed by atoms with Crippen LogP contribution in [0.4, 0.5) is 0 Å². The summed E-state index contributed by atoms with van der Waals surface area (Å²) < 4.78 is 1.97. The zero-order chi connectivity index (χ0) is 15.5. The number of aromatic nitrogens is 1. The van der Waals surface area contributed by atoms with Gasteiger partial charge < -0.3 is 14.6 Å². The fourth-order valence-corrected chi connectivity index (χ4v) is 2.83. The highest BCUT2D eigenvalue weighted by molar-refractivity contribution is 5.94. The van der Waals surface area contributed by atoms with Crippen molar-refractivity contribution in [2.45, 2.75) is 12.8 Å². The minimum Gasteiger partial charge on any atom is -0.481 e. The molecule has 2 heterocycles. The molecule has 0 saturated carbocycles. The molecule has 0 bridgehead atoms. The molecule has 1 atom stereocenters. The summed E-state index contributed by atoms with van der Waals surface area (Å²) in [6.45, 7) is 0.926. The van der Waals surface area contributed by atoms with Gasteiger partial charge in [0.1, 0.15) is 0 Å². The smallest absolute Gasteiger partial charge is 0.308 e. The van der Waals surface area contributed by atoms with Gasteiger partial charge in [-0.2, -0.15) is 0 Å². The summed E-state index contributed by atoms with van der Waals surface area (Å²) in [6.07, 6.45) is 5.27. The molecule has 1 N–H and O–H groups in total. The van der Waals surface area contributed by atoms with E-state index in [0.717, 1.165) is 12.1 Å². The highest BCUT2D eigenvalue weighted by Crippen LogP contribution is 2.19. The first-order chi connectivity index (χ1) is 10.6. The summed E-state index contributed by atoms with van der Waals surface area (Å²) >= 11 is 0. The maximum absolute atomic E-state index is 12.5. The highest BCUT2D eigenvalue weighted by atomic mass is 16.4. The first kappa shape index (κ1) is 14.4. The Labute approximate surface area is 128 Å². The fraction of sp³-hybridized carbons (Fsp3) is 0.294. The van der Waals surface area contributed by atoms with Crippen molar-refractivity contribution in [3.05, 3.63) is 54.4 Å². The predicted molar refractivity (Wildman–Crippen MR) is 82.0 cm³/mol. The van der Waals surface area contributed by atoms with Gasteiger partial charge in [-0.3, -0.25) is 9.59 Å². The molecule has 114 valence electrons. The van der Waals surface area contributed by atoms with Crippen LogP contribution in [0.1, 0.15) is 23.2 Å². The Morgan fingerprint density at radius 2 is 1.77 bits per heavy atom. The number of rotatable bonds is 3. The summed E-state index contributed by atoms with van der Waals surface area (Å²) in [5.74, 6) is -1.36. The summed E-state index contributed by atoms with van der Waals surface area (Å²) in [6, 6.07) is 11.3. The van der Waals surface area contributed by atoms with Crippen LogP contribution in [0.5, 0.6) is 0 Å². The van der Waals surface area contributed by atoms with Gasteiger partial charge in [0.05, 0.1) is 5.92 Å². The van der Waals surface area contributed by atoms with Crippen molar-refractivity contribution >= 4 is 11.9 Å². The van der Waals surface area contributed by atoms with Gasteiger partial charge in [0.15, 0.2) is 0 Å². The van der Waals surface area contributed by atoms with E-state index >= 15 is 0 Å². The minimum atomic E-state index is -0.819. The van der Waals surface area contributed by atoms with Crippen LogP contribution >= 0.6 is 0 Å². The van der Waals surface area contributed by atoms with E-state index in [2.05, 4.69) is 0 Å². The Kier molecular flexibility index (Phi) is 3.96. The molecule has 0 aliphatic carbocycles. The van der Waals surface area contributed by atoms with E-state index in [1.165, 1.54) is 0 Å². The van der Waals surface area contributed by atoms with Gasteiger partial charge in [-0.25, -0.2) is 0 Å². The molecule has 1 aliphatic heterocycles. The van der Waals surface area contributed by atoms with Crippen molar-refractivity contribution < 1.29 is 14.7 Å². The topological polar surface area (TPSA) is 62.5 Å². The Morgan fingerprint density at radius 3 is 2.41 bits per heavy atom. The van der Waals surface area contributed by atoms with Crippen LogP contribution in [0, 0.1) is 5.92 Å². The van der Waals surface area contributed by atoms with Gasteiger partial charge in [-0.15, -0.1) is 0 Å². The minimum absolute atomic E-state index is 0.0926. The van der Waals surface area contributed by atoms with Gasteiger partial charge in [0.2, 0.25) is 0 Å². The molecule has 22 heavy (non-hydrogen) atoms. The predicted octanol–water partition coefficient (Wildman–Crippen LogP) is 2.41. The molecule has 5 nitrogen and oxygen atoms in total. The number of benzene rings is 1. The maximum atomic E-state index is 12.5. The van der Waals surface area contributed by atoms with E-state index in [9.17, 15) is 9.59 Å². The van der Waals surface area contributed by atoms with Crippen molar-refractivity contribution in [1.29, 1.82) is 0 Å². The van der Waals surface area contributed by atoms with Crippen molar-refractivity contribution in [2.24, 2.45) is 5.92 Å². The molecule has 1 aromatic heterocycles. The number of likely N-dealkylation sites (tertiary alicyclic amines) is 1. The molecule has 1 aliphatic rings.